The number of hydrogen-bond acceptors (Lipinski definition) is 5. The van der Waals surface area contributed by atoms with Gasteiger partial charge in [0, 0.05) is 29.9 Å². The van der Waals surface area contributed by atoms with Crippen molar-refractivity contribution in [2.75, 3.05) is 5.32 Å². The van der Waals surface area contributed by atoms with E-state index in [1.54, 1.807) is 0 Å². The molecule has 7 heteroatoms. The number of aromatic nitrogens is 4. The van der Waals surface area contributed by atoms with Gasteiger partial charge in [0.2, 0.25) is 5.91 Å². The fourth-order valence-corrected chi connectivity index (χ4v) is 4.88. The van der Waals surface area contributed by atoms with Gasteiger partial charge in [-0.3, -0.25) is 14.5 Å². The highest BCUT2D eigenvalue weighted by atomic mass is 32.1. The van der Waals surface area contributed by atoms with Crippen molar-refractivity contribution >= 4 is 22.4 Å². The van der Waals surface area contributed by atoms with E-state index in [4.69, 9.17) is 5.10 Å². The third-order valence-corrected chi connectivity index (χ3v) is 6.05. The highest BCUT2D eigenvalue weighted by molar-refractivity contribution is 7.19. The largest absolute Gasteiger partial charge is 0.302 e. The quantitative estimate of drug-likeness (QED) is 0.670. The van der Waals surface area contributed by atoms with Gasteiger partial charge in [-0.2, -0.15) is 5.10 Å². The van der Waals surface area contributed by atoms with Gasteiger partial charge in [-0.15, -0.1) is 0 Å². The summed E-state index contributed by atoms with van der Waals surface area (Å²) in [6, 6.07) is 4.25. The number of hydrogen-bond donors (Lipinski definition) is 1. The van der Waals surface area contributed by atoms with Gasteiger partial charge in [0.1, 0.15) is 0 Å². The number of fused-ring (bicyclic) bond motifs is 3. The first-order chi connectivity index (χ1) is 13.8. The van der Waals surface area contributed by atoms with Crippen LogP contribution in [0.15, 0.2) is 18.3 Å². The minimum Gasteiger partial charge on any atom is -0.302 e. The predicted molar refractivity (Wildman–Crippen MR) is 117 cm³/mol. The Hall–Kier alpha value is -2.54. The second kappa shape index (κ2) is 7.37. The molecule has 0 aromatic carbocycles. The maximum atomic E-state index is 11.5. The van der Waals surface area contributed by atoms with Crippen molar-refractivity contribution in [2.45, 2.75) is 65.8 Å². The lowest BCUT2D eigenvalue weighted by atomic mass is 9.94. The Labute approximate surface area is 175 Å². The van der Waals surface area contributed by atoms with Crippen molar-refractivity contribution < 1.29 is 4.79 Å². The first kappa shape index (κ1) is 19.8. The lowest BCUT2D eigenvalue weighted by molar-refractivity contribution is -0.114. The van der Waals surface area contributed by atoms with Crippen LogP contribution in [0.1, 0.15) is 58.0 Å². The van der Waals surface area contributed by atoms with Crippen LogP contribution in [0, 0.1) is 0 Å². The molecule has 0 radical (unpaired) electrons. The summed E-state index contributed by atoms with van der Waals surface area (Å²) in [6.45, 7) is 10.2. The van der Waals surface area contributed by atoms with E-state index in [9.17, 15) is 4.79 Å². The van der Waals surface area contributed by atoms with Gasteiger partial charge in [-0.25, -0.2) is 4.98 Å². The van der Waals surface area contributed by atoms with Gasteiger partial charge in [0.25, 0.3) is 0 Å². The molecule has 0 saturated heterocycles. The van der Waals surface area contributed by atoms with Crippen LogP contribution in [0.25, 0.3) is 21.8 Å². The van der Waals surface area contributed by atoms with E-state index < -0.39 is 0 Å². The Balaban J connectivity index is 1.85. The smallest absolute Gasteiger partial charge is 0.223 e. The summed E-state index contributed by atoms with van der Waals surface area (Å²) in [4.78, 5) is 21.9. The standard InChI is InChI=1S/C22H27N5OS/c1-6-7-15-9-8-14(12-23-15)18-16-10-11-17-20(29-21(25-17)24-13(2)28)19(16)27(26-18)22(3,4)5/h8-9,12H,6-7,10-11H2,1-5H3,(H,24,25,28). The third kappa shape index (κ3) is 3.71. The first-order valence-electron chi connectivity index (χ1n) is 10.1. The fourth-order valence-electron chi connectivity index (χ4n) is 3.76. The molecule has 1 N–H and O–H groups in total. The molecule has 0 saturated carbocycles. The monoisotopic (exact) mass is 409 g/mol. The van der Waals surface area contributed by atoms with Gasteiger partial charge in [-0.1, -0.05) is 24.7 Å². The zero-order valence-corrected chi connectivity index (χ0v) is 18.5. The molecular weight excluding hydrogens is 382 g/mol. The van der Waals surface area contributed by atoms with E-state index in [0.717, 1.165) is 58.9 Å². The second-order valence-electron chi connectivity index (χ2n) is 8.52. The molecule has 29 heavy (non-hydrogen) atoms. The summed E-state index contributed by atoms with van der Waals surface area (Å²) in [6.07, 6.45) is 5.76. The van der Waals surface area contributed by atoms with E-state index in [-0.39, 0.29) is 11.4 Å². The van der Waals surface area contributed by atoms with E-state index in [1.807, 2.05) is 6.20 Å². The minimum absolute atomic E-state index is 0.0976. The number of thiazole rings is 1. The average Bonchev–Trinajstić information content (AvgIpc) is 3.22. The van der Waals surface area contributed by atoms with E-state index >= 15 is 0 Å². The van der Waals surface area contributed by atoms with Crippen LogP contribution in [-0.4, -0.2) is 25.7 Å². The summed E-state index contributed by atoms with van der Waals surface area (Å²) in [5.41, 5.74) is 6.41. The number of aryl methyl sites for hydroxylation is 2. The predicted octanol–water partition coefficient (Wildman–Crippen LogP) is 4.83. The molecule has 0 aliphatic heterocycles. The summed E-state index contributed by atoms with van der Waals surface area (Å²) in [5.74, 6) is -0.0976. The summed E-state index contributed by atoms with van der Waals surface area (Å²) in [5, 5.41) is 8.54. The molecule has 4 rings (SSSR count). The van der Waals surface area contributed by atoms with Gasteiger partial charge in [0.05, 0.1) is 27.5 Å². The molecule has 0 unspecified atom stereocenters. The van der Waals surface area contributed by atoms with Crippen molar-refractivity contribution in [3.8, 4) is 21.8 Å². The molecule has 3 aromatic rings. The zero-order valence-electron chi connectivity index (χ0n) is 17.7. The molecule has 1 amide bonds. The summed E-state index contributed by atoms with van der Waals surface area (Å²) < 4.78 is 2.12. The molecule has 0 bridgehead atoms. The van der Waals surface area contributed by atoms with E-state index in [2.05, 4.69) is 59.8 Å². The van der Waals surface area contributed by atoms with Crippen molar-refractivity contribution in [2.24, 2.45) is 0 Å². The lowest BCUT2D eigenvalue weighted by Gasteiger charge is -2.24. The number of rotatable bonds is 4. The van der Waals surface area contributed by atoms with Crippen molar-refractivity contribution in [1.82, 2.24) is 19.7 Å². The number of anilines is 1. The molecular formula is C22H27N5OS. The minimum atomic E-state index is -0.176. The summed E-state index contributed by atoms with van der Waals surface area (Å²) in [7, 11) is 0. The molecule has 152 valence electrons. The van der Waals surface area contributed by atoms with Gasteiger partial charge < -0.3 is 5.32 Å². The van der Waals surface area contributed by atoms with Crippen molar-refractivity contribution in [3.05, 3.63) is 35.3 Å². The normalized spacial score (nSPS) is 13.1. The van der Waals surface area contributed by atoms with Gasteiger partial charge >= 0.3 is 0 Å². The number of nitrogens with zero attached hydrogens (tertiary/aromatic N) is 4. The van der Waals surface area contributed by atoms with Crippen molar-refractivity contribution in [1.29, 1.82) is 0 Å². The lowest BCUT2D eigenvalue weighted by Crippen LogP contribution is -2.24. The van der Waals surface area contributed by atoms with Crippen LogP contribution in [0.5, 0.6) is 0 Å². The Bertz CT molecular complexity index is 1060. The molecule has 0 fully saturated rings. The Morgan fingerprint density at radius 2 is 2.07 bits per heavy atom. The average molecular weight is 410 g/mol. The van der Waals surface area contributed by atoms with Crippen LogP contribution in [0.4, 0.5) is 5.13 Å². The van der Waals surface area contributed by atoms with Crippen LogP contribution >= 0.6 is 11.3 Å². The number of amides is 1. The second-order valence-corrected chi connectivity index (χ2v) is 9.52. The Morgan fingerprint density at radius 1 is 1.28 bits per heavy atom. The van der Waals surface area contributed by atoms with Crippen LogP contribution in [-0.2, 0) is 29.6 Å². The Kier molecular flexibility index (Phi) is 5.02. The van der Waals surface area contributed by atoms with Gasteiger partial charge in [-0.05, 0) is 52.2 Å². The highest BCUT2D eigenvalue weighted by Gasteiger charge is 2.32. The highest BCUT2D eigenvalue weighted by Crippen LogP contribution is 2.44. The SMILES string of the molecule is CCCc1ccc(-c2nn(C(C)(C)C)c3c2CCc2nc(NC(C)=O)sc2-3)cn1. The number of pyridine rings is 1. The molecule has 3 aromatic heterocycles. The maximum Gasteiger partial charge on any atom is 0.223 e. The molecule has 0 spiro atoms. The van der Waals surface area contributed by atoms with Crippen LogP contribution < -0.4 is 5.32 Å². The number of nitrogens with one attached hydrogen (secondary N) is 1. The van der Waals surface area contributed by atoms with Gasteiger partial charge in [0.15, 0.2) is 5.13 Å². The van der Waals surface area contributed by atoms with Crippen LogP contribution in [0.2, 0.25) is 0 Å². The third-order valence-electron chi connectivity index (χ3n) is 5.03. The topological polar surface area (TPSA) is 72.7 Å². The Morgan fingerprint density at radius 3 is 2.69 bits per heavy atom. The molecule has 6 nitrogen and oxygen atoms in total. The van der Waals surface area contributed by atoms with E-state index in [1.165, 1.54) is 23.8 Å². The summed E-state index contributed by atoms with van der Waals surface area (Å²) >= 11 is 1.53. The first-order valence-corrected chi connectivity index (χ1v) is 10.9. The molecule has 1 aliphatic carbocycles. The fraction of sp³-hybridized carbons (Fsp3) is 0.455. The number of carbonyl (C=O) groups is 1. The zero-order chi connectivity index (χ0) is 20.8. The maximum absolute atomic E-state index is 11.5. The van der Waals surface area contributed by atoms with Crippen molar-refractivity contribution in [3.63, 3.8) is 0 Å². The van der Waals surface area contributed by atoms with Crippen LogP contribution in [0.3, 0.4) is 0 Å². The number of carbonyl (C=O) groups excluding carboxylic acids is 1. The molecule has 1 aliphatic rings. The van der Waals surface area contributed by atoms with E-state index in [0.29, 0.717) is 5.13 Å². The molecule has 3 heterocycles. The molecule has 0 atom stereocenters.